The molecule has 0 saturated heterocycles. The minimum absolute atomic E-state index is 0.111. The van der Waals surface area contributed by atoms with Gasteiger partial charge in [-0.3, -0.25) is 4.90 Å². The summed E-state index contributed by atoms with van der Waals surface area (Å²) < 4.78 is 16.8. The summed E-state index contributed by atoms with van der Waals surface area (Å²) in [5.41, 5.74) is 3.18. The number of amides is 1. The highest BCUT2D eigenvalue weighted by Gasteiger charge is 2.42. The Labute approximate surface area is 278 Å². The van der Waals surface area contributed by atoms with Crippen LogP contribution in [0.4, 0.5) is 4.79 Å². The van der Waals surface area contributed by atoms with Gasteiger partial charge < -0.3 is 14.2 Å². The second-order valence-electron chi connectivity index (χ2n) is 10.7. The van der Waals surface area contributed by atoms with Crippen LogP contribution >= 0.6 is 35.0 Å². The molecule has 3 aromatic carbocycles. The molecular formula is C34H37Cl2N3O5S. The van der Waals surface area contributed by atoms with E-state index >= 15 is 0 Å². The minimum Gasteiger partial charge on any atom is -0.497 e. The van der Waals surface area contributed by atoms with Crippen LogP contribution in [0.3, 0.4) is 0 Å². The zero-order valence-electron chi connectivity index (χ0n) is 26.0. The van der Waals surface area contributed by atoms with E-state index in [0.717, 1.165) is 16.9 Å². The second-order valence-corrected chi connectivity index (χ2v) is 12.5. The maximum atomic E-state index is 14.0. The van der Waals surface area contributed by atoms with Crippen molar-refractivity contribution < 1.29 is 23.8 Å². The second kappa shape index (κ2) is 16.2. The molecule has 0 bridgehead atoms. The molecule has 1 amide bonds. The third kappa shape index (κ3) is 9.04. The van der Waals surface area contributed by atoms with Crippen molar-refractivity contribution >= 4 is 52.2 Å². The molecular weight excluding hydrogens is 633 g/mol. The average molecular weight is 671 g/mol. The molecule has 45 heavy (non-hydrogen) atoms. The van der Waals surface area contributed by atoms with Crippen LogP contribution in [0.2, 0.25) is 10.0 Å². The normalized spacial score (nSPS) is 14.9. The monoisotopic (exact) mass is 669 g/mol. The summed E-state index contributed by atoms with van der Waals surface area (Å²) >= 11 is 14.5. The highest BCUT2D eigenvalue weighted by Crippen LogP contribution is 2.43. The Balaban J connectivity index is 1.68. The number of thioether (sulfide) groups is 1. The number of rotatable bonds is 11. The van der Waals surface area contributed by atoms with Crippen LogP contribution in [-0.4, -0.2) is 60.4 Å². The Bertz CT molecular complexity index is 1550. The van der Waals surface area contributed by atoms with Crippen LogP contribution in [-0.2, 0) is 26.6 Å². The van der Waals surface area contributed by atoms with Crippen LogP contribution in [0.25, 0.3) is 0 Å². The lowest BCUT2D eigenvalue weighted by atomic mass is 9.94. The number of allylic oxidation sites excluding steroid dienone is 1. The first-order valence-electron chi connectivity index (χ1n) is 14.5. The summed E-state index contributed by atoms with van der Waals surface area (Å²) in [6.07, 6.45) is -1.07. The molecule has 0 N–H and O–H groups in total. The zero-order chi connectivity index (χ0) is 32.5. The van der Waals surface area contributed by atoms with Crippen molar-refractivity contribution in [2.45, 2.75) is 45.2 Å². The smallest absolute Gasteiger partial charge is 0.416 e. The first-order chi connectivity index (χ1) is 21.6. The van der Waals surface area contributed by atoms with Crippen molar-refractivity contribution in [2.75, 3.05) is 27.3 Å². The highest BCUT2D eigenvalue weighted by atomic mass is 35.5. The molecule has 0 spiro atoms. The average Bonchev–Trinajstić information content (AvgIpc) is 3.01. The van der Waals surface area contributed by atoms with Crippen LogP contribution in [0.5, 0.6) is 5.75 Å². The van der Waals surface area contributed by atoms with Crippen LogP contribution in [0, 0.1) is 0 Å². The summed E-state index contributed by atoms with van der Waals surface area (Å²) in [5, 5.41) is 0.857. The number of likely N-dealkylation sites (N-methyl/N-ethyl adjacent to an activating group) is 1. The van der Waals surface area contributed by atoms with Gasteiger partial charge in [-0.25, -0.2) is 19.5 Å². The third-order valence-electron chi connectivity index (χ3n) is 6.95. The number of nitrogens with zero attached hydrogens (tertiary/aromatic N) is 3. The molecule has 238 valence electrons. The summed E-state index contributed by atoms with van der Waals surface area (Å²) in [6.45, 7) is 6.53. The van der Waals surface area contributed by atoms with Crippen LogP contribution in [0.15, 0.2) is 89.1 Å². The van der Waals surface area contributed by atoms with Crippen molar-refractivity contribution in [3.05, 3.63) is 111 Å². The fraction of sp³-hybridized carbons (Fsp3) is 0.324. The topological polar surface area (TPSA) is 80.7 Å². The van der Waals surface area contributed by atoms with E-state index in [4.69, 9.17) is 42.4 Å². The molecule has 0 radical (unpaired) electrons. The van der Waals surface area contributed by atoms with Gasteiger partial charge >= 0.3 is 12.1 Å². The van der Waals surface area contributed by atoms with Crippen molar-refractivity contribution in [2.24, 2.45) is 4.99 Å². The lowest BCUT2D eigenvalue weighted by molar-refractivity contribution is -0.143. The number of benzene rings is 3. The fourth-order valence-electron chi connectivity index (χ4n) is 4.75. The lowest BCUT2D eigenvalue weighted by Gasteiger charge is -2.36. The molecule has 0 saturated carbocycles. The van der Waals surface area contributed by atoms with E-state index in [2.05, 4.69) is 4.90 Å². The van der Waals surface area contributed by atoms with Gasteiger partial charge in [0.15, 0.2) is 5.17 Å². The molecule has 1 atom stereocenters. The Morgan fingerprint density at radius 2 is 1.71 bits per heavy atom. The number of hydrogen-bond acceptors (Lipinski definition) is 8. The van der Waals surface area contributed by atoms with Crippen molar-refractivity contribution in [1.82, 2.24) is 9.80 Å². The van der Waals surface area contributed by atoms with Crippen molar-refractivity contribution in [1.29, 1.82) is 0 Å². The van der Waals surface area contributed by atoms with E-state index < -0.39 is 24.2 Å². The van der Waals surface area contributed by atoms with E-state index in [1.54, 1.807) is 46.1 Å². The number of ether oxygens (including phenoxy) is 3. The van der Waals surface area contributed by atoms with Crippen molar-refractivity contribution in [3.63, 3.8) is 0 Å². The molecule has 0 fully saturated rings. The summed E-state index contributed by atoms with van der Waals surface area (Å²) in [7, 11) is 3.57. The SMILES string of the molecule is COc1ccc(CSC2=NC(C)=C(C(=O)OC(C)C)C(c3cccc(Cl)c3Cl)N2C(=O)OCCN(C)Cc2ccccc2)cc1. The number of amidine groups is 1. The Kier molecular flexibility index (Phi) is 12.4. The Hall–Kier alpha value is -3.50. The Morgan fingerprint density at radius 1 is 1.00 bits per heavy atom. The molecule has 11 heteroatoms. The van der Waals surface area contributed by atoms with Crippen LogP contribution in [0.1, 0.15) is 43.5 Å². The van der Waals surface area contributed by atoms with E-state index in [0.29, 0.717) is 35.3 Å². The number of methoxy groups -OCH3 is 1. The van der Waals surface area contributed by atoms with E-state index in [9.17, 15) is 9.59 Å². The molecule has 1 unspecified atom stereocenters. The van der Waals surface area contributed by atoms with Gasteiger partial charge in [0.1, 0.15) is 18.4 Å². The lowest BCUT2D eigenvalue weighted by Crippen LogP contribution is -2.44. The molecule has 0 aliphatic carbocycles. The molecule has 1 heterocycles. The standard InChI is InChI=1S/C34H37Cl2N3O5S/c1-22(2)44-32(40)29-23(3)37-33(45-21-25-14-16-26(42-5)17-15-25)39(31(29)27-12-9-13-28(35)30(27)36)34(41)43-19-18-38(4)20-24-10-7-6-8-11-24/h6-17,22,31H,18-21H2,1-5H3. The summed E-state index contributed by atoms with van der Waals surface area (Å²) in [4.78, 5) is 35.8. The van der Waals surface area contributed by atoms with Gasteiger partial charge in [0.05, 0.1) is 34.5 Å². The maximum Gasteiger partial charge on any atom is 0.416 e. The molecule has 1 aliphatic rings. The quantitative estimate of drug-likeness (QED) is 0.191. The molecule has 0 aromatic heterocycles. The van der Waals surface area contributed by atoms with Crippen LogP contribution < -0.4 is 4.74 Å². The number of carbonyl (C=O) groups is 2. The third-order valence-corrected chi connectivity index (χ3v) is 8.80. The zero-order valence-corrected chi connectivity index (χ0v) is 28.3. The van der Waals surface area contributed by atoms with E-state index in [1.165, 1.54) is 16.7 Å². The maximum absolute atomic E-state index is 14.0. The van der Waals surface area contributed by atoms with Gasteiger partial charge in [-0.15, -0.1) is 0 Å². The molecule has 8 nitrogen and oxygen atoms in total. The number of hydrogen-bond donors (Lipinski definition) is 0. The predicted octanol–water partition coefficient (Wildman–Crippen LogP) is 8.14. The van der Waals surface area contributed by atoms with E-state index in [1.807, 2.05) is 61.6 Å². The van der Waals surface area contributed by atoms with Gasteiger partial charge in [0.25, 0.3) is 0 Å². The van der Waals surface area contributed by atoms with Crippen molar-refractivity contribution in [3.8, 4) is 5.75 Å². The molecule has 1 aliphatic heterocycles. The molecule has 3 aromatic rings. The number of esters is 1. The van der Waals surface area contributed by atoms with Gasteiger partial charge in [-0.05, 0) is 57.1 Å². The van der Waals surface area contributed by atoms with Gasteiger partial charge in [-0.1, -0.05) is 89.6 Å². The first-order valence-corrected chi connectivity index (χ1v) is 16.2. The summed E-state index contributed by atoms with van der Waals surface area (Å²) in [6, 6.07) is 21.8. The van der Waals surface area contributed by atoms with E-state index in [-0.39, 0.29) is 22.2 Å². The largest absolute Gasteiger partial charge is 0.497 e. The first kappa shape index (κ1) is 34.4. The van der Waals surface area contributed by atoms with Gasteiger partial charge in [0, 0.05) is 24.4 Å². The number of halogens is 2. The predicted molar refractivity (Wildman–Crippen MR) is 181 cm³/mol. The number of carbonyl (C=O) groups excluding carboxylic acids is 2. The minimum atomic E-state index is -0.993. The van der Waals surface area contributed by atoms with Gasteiger partial charge in [0.2, 0.25) is 0 Å². The fourth-order valence-corrected chi connectivity index (χ4v) is 6.17. The number of aliphatic imine (C=N–C) groups is 1. The highest BCUT2D eigenvalue weighted by molar-refractivity contribution is 8.13. The van der Waals surface area contributed by atoms with Gasteiger partial charge in [-0.2, -0.15) is 0 Å². The molecule has 4 rings (SSSR count). The summed E-state index contributed by atoms with van der Waals surface area (Å²) in [5.74, 6) is 0.623. The Morgan fingerprint density at radius 3 is 2.38 bits per heavy atom.